The van der Waals surface area contributed by atoms with Crippen LogP contribution in [0.15, 0.2) is 24.3 Å². The van der Waals surface area contributed by atoms with E-state index in [2.05, 4.69) is 43.1 Å². The van der Waals surface area contributed by atoms with E-state index in [1.165, 1.54) is 24.0 Å². The van der Waals surface area contributed by atoms with E-state index in [0.717, 1.165) is 12.5 Å². The summed E-state index contributed by atoms with van der Waals surface area (Å²) in [5.74, 6) is 0. The molecular weight excluding hydrogens is 196 g/mol. The van der Waals surface area contributed by atoms with E-state index in [1.54, 1.807) is 0 Å². The van der Waals surface area contributed by atoms with E-state index in [0.29, 0.717) is 12.6 Å². The Hall–Kier alpha value is -0.860. The summed E-state index contributed by atoms with van der Waals surface area (Å²) in [5.41, 5.74) is 8.81. The van der Waals surface area contributed by atoms with Crippen LogP contribution in [0.2, 0.25) is 0 Å². The van der Waals surface area contributed by atoms with Crippen LogP contribution in [0.3, 0.4) is 0 Å². The Bertz CT molecular complexity index is 344. The van der Waals surface area contributed by atoms with Gasteiger partial charge in [-0.05, 0) is 37.4 Å². The zero-order valence-corrected chi connectivity index (χ0v) is 10.3. The molecule has 0 spiro atoms. The van der Waals surface area contributed by atoms with Gasteiger partial charge in [0, 0.05) is 18.6 Å². The van der Waals surface area contributed by atoms with Gasteiger partial charge in [-0.1, -0.05) is 31.2 Å². The van der Waals surface area contributed by atoms with E-state index in [4.69, 9.17) is 5.73 Å². The lowest BCUT2D eigenvalue weighted by Crippen LogP contribution is -2.32. The molecule has 0 saturated heterocycles. The predicted octanol–water partition coefficient (Wildman–Crippen LogP) is 2.34. The predicted molar refractivity (Wildman–Crippen MR) is 68.4 cm³/mol. The summed E-state index contributed by atoms with van der Waals surface area (Å²) in [4.78, 5) is 2.45. The third kappa shape index (κ3) is 2.28. The first-order valence-corrected chi connectivity index (χ1v) is 6.27. The fourth-order valence-corrected chi connectivity index (χ4v) is 2.43. The highest BCUT2D eigenvalue weighted by atomic mass is 15.2. The molecule has 0 radical (unpaired) electrons. The van der Waals surface area contributed by atoms with Crippen molar-refractivity contribution in [3.8, 4) is 0 Å². The van der Waals surface area contributed by atoms with Crippen molar-refractivity contribution in [2.45, 2.75) is 38.3 Å². The fourth-order valence-electron chi connectivity index (χ4n) is 2.43. The van der Waals surface area contributed by atoms with Gasteiger partial charge in [0.25, 0.3) is 0 Å². The van der Waals surface area contributed by atoms with Gasteiger partial charge < -0.3 is 5.73 Å². The lowest BCUT2D eigenvalue weighted by atomic mass is 9.97. The number of rotatable bonds is 5. The second-order valence-electron chi connectivity index (χ2n) is 4.70. The third-order valence-corrected chi connectivity index (χ3v) is 3.63. The lowest BCUT2D eigenvalue weighted by Gasteiger charge is -2.28. The zero-order valence-electron chi connectivity index (χ0n) is 10.3. The quantitative estimate of drug-likeness (QED) is 0.822. The Labute approximate surface area is 98.4 Å². The van der Waals surface area contributed by atoms with Crippen LogP contribution in [0.5, 0.6) is 0 Å². The minimum Gasteiger partial charge on any atom is -0.329 e. The van der Waals surface area contributed by atoms with Crippen molar-refractivity contribution in [3.05, 3.63) is 35.4 Å². The van der Waals surface area contributed by atoms with E-state index in [-0.39, 0.29) is 0 Å². The molecule has 2 heteroatoms. The average Bonchev–Trinajstić information content (AvgIpc) is 3.14. The molecule has 1 aliphatic carbocycles. The van der Waals surface area contributed by atoms with Gasteiger partial charge in [0.2, 0.25) is 0 Å². The first-order valence-electron chi connectivity index (χ1n) is 6.27. The highest BCUT2D eigenvalue weighted by molar-refractivity contribution is 5.30. The summed E-state index contributed by atoms with van der Waals surface area (Å²) in [7, 11) is 2.21. The van der Waals surface area contributed by atoms with Crippen molar-refractivity contribution < 1.29 is 0 Å². The van der Waals surface area contributed by atoms with Gasteiger partial charge in [0.05, 0.1) is 0 Å². The van der Waals surface area contributed by atoms with E-state index in [9.17, 15) is 0 Å². The molecule has 1 fully saturated rings. The zero-order chi connectivity index (χ0) is 11.5. The molecule has 0 bridgehead atoms. The Kier molecular flexibility index (Phi) is 3.62. The lowest BCUT2D eigenvalue weighted by molar-refractivity contribution is 0.239. The first kappa shape index (κ1) is 11.6. The Balaban J connectivity index is 2.24. The van der Waals surface area contributed by atoms with Crippen LogP contribution in [0.4, 0.5) is 0 Å². The first-order chi connectivity index (χ1) is 7.77. The molecule has 1 atom stereocenters. The molecule has 1 aliphatic rings. The number of nitrogens with two attached hydrogens (primary N) is 1. The van der Waals surface area contributed by atoms with E-state index in [1.807, 2.05) is 0 Å². The van der Waals surface area contributed by atoms with Crippen molar-refractivity contribution in [2.75, 3.05) is 13.6 Å². The molecule has 16 heavy (non-hydrogen) atoms. The summed E-state index contributed by atoms with van der Waals surface area (Å²) in [6.45, 7) is 2.92. The molecule has 88 valence electrons. The second-order valence-corrected chi connectivity index (χ2v) is 4.70. The van der Waals surface area contributed by atoms with Crippen molar-refractivity contribution in [1.29, 1.82) is 0 Å². The van der Waals surface area contributed by atoms with Crippen LogP contribution in [-0.4, -0.2) is 24.5 Å². The van der Waals surface area contributed by atoms with Crippen LogP contribution < -0.4 is 5.73 Å². The molecule has 0 amide bonds. The number of benzene rings is 1. The number of likely N-dealkylation sites (N-methyl/N-ethyl adjacent to an activating group) is 1. The highest BCUT2D eigenvalue weighted by Gasteiger charge is 2.31. The van der Waals surface area contributed by atoms with Gasteiger partial charge in [-0.15, -0.1) is 0 Å². The number of hydrogen-bond donors (Lipinski definition) is 1. The summed E-state index contributed by atoms with van der Waals surface area (Å²) in [6.07, 6.45) is 3.76. The minimum absolute atomic E-state index is 0.392. The second kappa shape index (κ2) is 4.98. The van der Waals surface area contributed by atoms with Crippen LogP contribution in [0.25, 0.3) is 0 Å². The molecule has 0 aromatic heterocycles. The molecule has 0 aliphatic heterocycles. The third-order valence-electron chi connectivity index (χ3n) is 3.63. The summed E-state index contributed by atoms with van der Waals surface area (Å²) >= 11 is 0. The molecule has 2 nitrogen and oxygen atoms in total. The highest BCUT2D eigenvalue weighted by Crippen LogP contribution is 2.33. The van der Waals surface area contributed by atoms with E-state index < -0.39 is 0 Å². The van der Waals surface area contributed by atoms with Gasteiger partial charge in [0.1, 0.15) is 0 Å². The van der Waals surface area contributed by atoms with Gasteiger partial charge in [-0.2, -0.15) is 0 Å². The van der Waals surface area contributed by atoms with Crippen LogP contribution in [0.1, 0.15) is 36.9 Å². The molecule has 1 unspecified atom stereocenters. The van der Waals surface area contributed by atoms with Gasteiger partial charge >= 0.3 is 0 Å². The van der Waals surface area contributed by atoms with Crippen LogP contribution in [-0.2, 0) is 6.42 Å². The summed E-state index contributed by atoms with van der Waals surface area (Å²) in [6, 6.07) is 9.85. The maximum Gasteiger partial charge on any atom is 0.0473 e. The maximum absolute atomic E-state index is 5.95. The fraction of sp³-hybridized carbons (Fsp3) is 0.571. The molecule has 0 heterocycles. The Morgan fingerprint density at radius 3 is 2.62 bits per heavy atom. The Morgan fingerprint density at radius 1 is 1.38 bits per heavy atom. The number of hydrogen-bond acceptors (Lipinski definition) is 2. The van der Waals surface area contributed by atoms with Gasteiger partial charge in [-0.3, -0.25) is 4.90 Å². The maximum atomic E-state index is 5.95. The number of aryl methyl sites for hydroxylation is 1. The summed E-state index contributed by atoms with van der Waals surface area (Å²) in [5, 5.41) is 0. The summed E-state index contributed by atoms with van der Waals surface area (Å²) < 4.78 is 0. The minimum atomic E-state index is 0.392. The van der Waals surface area contributed by atoms with Gasteiger partial charge in [0.15, 0.2) is 0 Å². The monoisotopic (exact) mass is 218 g/mol. The standard InChI is InChI=1S/C14H22N2/c1-3-11-6-4-5-7-13(11)14(10-15)16(2)12-8-9-12/h4-7,12,14H,3,8-10,15H2,1-2H3. The van der Waals surface area contributed by atoms with Crippen LogP contribution >= 0.6 is 0 Å². The SMILES string of the molecule is CCc1ccccc1C(CN)N(C)C1CC1. The van der Waals surface area contributed by atoms with Crippen molar-refractivity contribution in [2.24, 2.45) is 5.73 Å². The average molecular weight is 218 g/mol. The molecule has 1 saturated carbocycles. The Morgan fingerprint density at radius 2 is 2.06 bits per heavy atom. The molecular formula is C14H22N2. The largest absolute Gasteiger partial charge is 0.329 e. The smallest absolute Gasteiger partial charge is 0.0473 e. The van der Waals surface area contributed by atoms with Gasteiger partial charge in [-0.25, -0.2) is 0 Å². The molecule has 1 aromatic rings. The molecule has 2 rings (SSSR count). The van der Waals surface area contributed by atoms with E-state index >= 15 is 0 Å². The number of nitrogens with zero attached hydrogens (tertiary/aromatic N) is 1. The van der Waals surface area contributed by atoms with Crippen LogP contribution in [0, 0.1) is 0 Å². The topological polar surface area (TPSA) is 29.3 Å². The van der Waals surface area contributed by atoms with Crippen molar-refractivity contribution in [3.63, 3.8) is 0 Å². The molecule has 1 aromatic carbocycles. The van der Waals surface area contributed by atoms with Crippen molar-refractivity contribution >= 4 is 0 Å². The molecule has 2 N–H and O–H groups in total. The normalized spacial score (nSPS) is 17.8. The van der Waals surface area contributed by atoms with Crippen molar-refractivity contribution in [1.82, 2.24) is 4.90 Å².